The number of hydrogen-bond donors (Lipinski definition) is 3. The maximum Gasteiger partial charge on any atom is 0.223 e. The number of fused-ring (bicyclic) bond motifs is 1. The van der Waals surface area contributed by atoms with Crippen molar-refractivity contribution in [2.45, 2.75) is 6.92 Å². The van der Waals surface area contributed by atoms with Crippen molar-refractivity contribution >= 4 is 34.0 Å². The molecule has 3 rings (SSSR count). The lowest BCUT2D eigenvalue weighted by Gasteiger charge is -2.11. The van der Waals surface area contributed by atoms with Crippen LogP contribution in [0.1, 0.15) is 6.92 Å². The molecule has 21 heavy (non-hydrogen) atoms. The minimum atomic E-state index is 0.246. The zero-order valence-electron chi connectivity index (χ0n) is 11.8. The van der Waals surface area contributed by atoms with Crippen LogP contribution in [0, 0.1) is 0 Å². The molecule has 0 saturated carbocycles. The van der Waals surface area contributed by atoms with E-state index >= 15 is 0 Å². The molecule has 0 atom stereocenters. The number of hydrogen-bond acceptors (Lipinski definition) is 5. The van der Waals surface area contributed by atoms with E-state index < -0.39 is 0 Å². The molecule has 0 aliphatic rings. The van der Waals surface area contributed by atoms with Crippen LogP contribution in [0.4, 0.5) is 23.3 Å². The summed E-state index contributed by atoms with van der Waals surface area (Å²) in [6.45, 7) is 2.79. The third kappa shape index (κ3) is 2.86. The van der Waals surface area contributed by atoms with Gasteiger partial charge in [0.2, 0.25) is 5.95 Å². The minimum Gasteiger partial charge on any atom is -0.370 e. The van der Waals surface area contributed by atoms with Gasteiger partial charge in [-0.1, -0.05) is 36.4 Å². The van der Waals surface area contributed by atoms with Crippen LogP contribution in [0.25, 0.3) is 10.8 Å². The van der Waals surface area contributed by atoms with Gasteiger partial charge in [-0.15, -0.1) is 0 Å². The number of nitrogens with two attached hydrogens (primary N) is 1. The van der Waals surface area contributed by atoms with Gasteiger partial charge < -0.3 is 16.4 Å². The summed E-state index contributed by atoms with van der Waals surface area (Å²) in [4.78, 5) is 8.38. The van der Waals surface area contributed by atoms with Gasteiger partial charge in [0.15, 0.2) is 0 Å². The van der Waals surface area contributed by atoms with E-state index in [0.717, 1.165) is 17.6 Å². The fourth-order valence-electron chi connectivity index (χ4n) is 2.27. The van der Waals surface area contributed by atoms with Crippen molar-refractivity contribution in [2.24, 2.45) is 0 Å². The third-order valence-electron chi connectivity index (χ3n) is 3.15. The summed E-state index contributed by atoms with van der Waals surface area (Å²) in [5, 5.41) is 8.77. The maximum absolute atomic E-state index is 5.75. The number of nitrogen functional groups attached to an aromatic ring is 1. The first-order valence-corrected chi connectivity index (χ1v) is 6.89. The molecule has 0 unspecified atom stereocenters. The Bertz CT molecular complexity index is 764. The second kappa shape index (κ2) is 5.66. The number of nitrogens with zero attached hydrogens (tertiary/aromatic N) is 2. The lowest BCUT2D eigenvalue weighted by atomic mass is 10.1. The summed E-state index contributed by atoms with van der Waals surface area (Å²) < 4.78 is 0. The van der Waals surface area contributed by atoms with E-state index in [1.807, 2.05) is 37.3 Å². The van der Waals surface area contributed by atoms with E-state index in [4.69, 9.17) is 5.73 Å². The van der Waals surface area contributed by atoms with Gasteiger partial charge in [0, 0.05) is 23.7 Å². The van der Waals surface area contributed by atoms with Crippen molar-refractivity contribution in [2.75, 3.05) is 22.9 Å². The Hall–Kier alpha value is -2.82. The summed E-state index contributed by atoms with van der Waals surface area (Å²) >= 11 is 0. The van der Waals surface area contributed by atoms with Crippen LogP contribution >= 0.6 is 0 Å². The van der Waals surface area contributed by atoms with Gasteiger partial charge in [-0.25, -0.2) is 0 Å². The van der Waals surface area contributed by atoms with Gasteiger partial charge in [-0.2, -0.15) is 9.97 Å². The first-order valence-electron chi connectivity index (χ1n) is 6.89. The molecule has 2 aromatic carbocycles. The van der Waals surface area contributed by atoms with Gasteiger partial charge in [-0.3, -0.25) is 0 Å². The highest BCUT2D eigenvalue weighted by molar-refractivity contribution is 5.95. The summed E-state index contributed by atoms with van der Waals surface area (Å²) in [5.74, 6) is 1.64. The zero-order valence-corrected chi connectivity index (χ0v) is 11.8. The Morgan fingerprint density at radius 1 is 1.00 bits per heavy atom. The molecule has 0 saturated heterocycles. The van der Waals surface area contributed by atoms with E-state index in [1.54, 1.807) is 0 Å². The molecule has 0 fully saturated rings. The summed E-state index contributed by atoms with van der Waals surface area (Å²) in [6.07, 6.45) is 0. The van der Waals surface area contributed by atoms with Crippen molar-refractivity contribution in [1.82, 2.24) is 9.97 Å². The van der Waals surface area contributed by atoms with Crippen molar-refractivity contribution in [3.05, 3.63) is 48.5 Å². The molecule has 0 aliphatic carbocycles. The molecule has 4 N–H and O–H groups in total. The van der Waals surface area contributed by atoms with Crippen molar-refractivity contribution in [3.63, 3.8) is 0 Å². The Kier molecular flexibility index (Phi) is 3.55. The largest absolute Gasteiger partial charge is 0.370 e. The topological polar surface area (TPSA) is 75.9 Å². The Morgan fingerprint density at radius 2 is 1.76 bits per heavy atom. The molecular formula is C16H17N5. The predicted octanol–water partition coefficient (Wildman–Crippen LogP) is 3.39. The minimum absolute atomic E-state index is 0.246. The van der Waals surface area contributed by atoms with E-state index in [-0.39, 0.29) is 5.95 Å². The molecule has 106 valence electrons. The van der Waals surface area contributed by atoms with Crippen LogP contribution in [0.5, 0.6) is 0 Å². The highest BCUT2D eigenvalue weighted by Crippen LogP contribution is 2.26. The van der Waals surface area contributed by atoms with Crippen molar-refractivity contribution < 1.29 is 0 Å². The fraction of sp³-hybridized carbons (Fsp3) is 0.125. The van der Waals surface area contributed by atoms with Gasteiger partial charge in [0.05, 0.1) is 0 Å². The summed E-state index contributed by atoms with van der Waals surface area (Å²) in [5.41, 5.74) is 6.75. The first kappa shape index (κ1) is 13.2. The molecule has 0 aliphatic heterocycles. The molecule has 0 amide bonds. The molecule has 1 heterocycles. The average molecular weight is 279 g/mol. The third-order valence-corrected chi connectivity index (χ3v) is 3.15. The zero-order chi connectivity index (χ0) is 14.7. The number of anilines is 4. The second-order valence-corrected chi connectivity index (χ2v) is 4.68. The summed E-state index contributed by atoms with van der Waals surface area (Å²) in [7, 11) is 0. The predicted molar refractivity (Wildman–Crippen MR) is 87.8 cm³/mol. The van der Waals surface area contributed by atoms with Crippen LogP contribution in [0.3, 0.4) is 0 Å². The van der Waals surface area contributed by atoms with E-state index in [1.165, 1.54) is 5.39 Å². The highest BCUT2D eigenvalue weighted by atomic mass is 15.1. The highest BCUT2D eigenvalue weighted by Gasteiger charge is 2.05. The monoisotopic (exact) mass is 279 g/mol. The normalized spacial score (nSPS) is 10.5. The van der Waals surface area contributed by atoms with Crippen LogP contribution in [-0.4, -0.2) is 16.5 Å². The lowest BCUT2D eigenvalue weighted by molar-refractivity contribution is 1.12. The Morgan fingerprint density at radius 3 is 2.62 bits per heavy atom. The van der Waals surface area contributed by atoms with Gasteiger partial charge in [0.1, 0.15) is 11.6 Å². The molecule has 0 radical (unpaired) electrons. The molecular weight excluding hydrogens is 262 g/mol. The van der Waals surface area contributed by atoms with Crippen LogP contribution < -0.4 is 16.4 Å². The Labute approximate surface area is 123 Å². The van der Waals surface area contributed by atoms with Gasteiger partial charge >= 0.3 is 0 Å². The van der Waals surface area contributed by atoms with Crippen LogP contribution in [0.2, 0.25) is 0 Å². The molecule has 3 aromatic rings. The van der Waals surface area contributed by atoms with E-state index in [2.05, 4.69) is 38.8 Å². The van der Waals surface area contributed by atoms with Crippen LogP contribution in [0.15, 0.2) is 48.5 Å². The molecule has 5 heteroatoms. The van der Waals surface area contributed by atoms with E-state index in [0.29, 0.717) is 11.6 Å². The van der Waals surface area contributed by atoms with Gasteiger partial charge in [0.25, 0.3) is 0 Å². The fourth-order valence-corrected chi connectivity index (χ4v) is 2.27. The number of benzene rings is 2. The summed E-state index contributed by atoms with van der Waals surface area (Å²) in [6, 6.07) is 16.2. The molecule has 0 bridgehead atoms. The molecule has 5 nitrogen and oxygen atoms in total. The standard InChI is InChI=1S/C16H17N5/c1-2-18-14-10-15(21-16(17)20-14)19-13-9-5-7-11-6-3-4-8-12(11)13/h3-10H,2H2,1H3,(H4,17,18,19,20,21). The molecule has 0 spiro atoms. The SMILES string of the molecule is CCNc1cc(Nc2cccc3ccccc23)nc(N)n1. The number of aromatic nitrogens is 2. The van der Waals surface area contributed by atoms with E-state index in [9.17, 15) is 0 Å². The average Bonchev–Trinajstić information content (AvgIpc) is 2.47. The molecule has 1 aromatic heterocycles. The van der Waals surface area contributed by atoms with Gasteiger partial charge in [-0.05, 0) is 18.4 Å². The number of nitrogens with one attached hydrogen (secondary N) is 2. The lowest BCUT2D eigenvalue weighted by Crippen LogP contribution is -2.05. The number of rotatable bonds is 4. The smallest absolute Gasteiger partial charge is 0.223 e. The second-order valence-electron chi connectivity index (χ2n) is 4.68. The van der Waals surface area contributed by atoms with Crippen molar-refractivity contribution in [1.29, 1.82) is 0 Å². The quantitative estimate of drug-likeness (QED) is 0.682. The maximum atomic E-state index is 5.75. The van der Waals surface area contributed by atoms with Crippen LogP contribution in [-0.2, 0) is 0 Å². The first-order chi connectivity index (χ1) is 10.3. The van der Waals surface area contributed by atoms with Crippen molar-refractivity contribution in [3.8, 4) is 0 Å². The Balaban J connectivity index is 1.98.